The van der Waals surface area contributed by atoms with Gasteiger partial charge in [0.25, 0.3) is 10.0 Å². The largest absolute Gasteiger partial charge is 0.398 e. The lowest BCUT2D eigenvalue weighted by Gasteiger charge is -2.20. The van der Waals surface area contributed by atoms with E-state index in [4.69, 9.17) is 5.73 Å². The fraction of sp³-hybridized carbons (Fsp3) is 0.364. The van der Waals surface area contributed by atoms with Gasteiger partial charge in [0.1, 0.15) is 10.7 Å². The van der Waals surface area contributed by atoms with E-state index >= 15 is 0 Å². The van der Waals surface area contributed by atoms with Crippen LogP contribution >= 0.6 is 0 Å². The Labute approximate surface area is 111 Å². The average Bonchev–Trinajstić information content (AvgIpc) is 2.11. The Balaban J connectivity index is 2.96. The molecule has 0 radical (unpaired) electrons. The maximum absolute atomic E-state index is 12.8. The van der Waals surface area contributed by atoms with Crippen molar-refractivity contribution in [2.45, 2.75) is 31.2 Å². The maximum atomic E-state index is 12.8. The van der Waals surface area contributed by atoms with Crippen molar-refractivity contribution in [3.63, 3.8) is 0 Å². The number of nitrogens with one attached hydrogen (secondary N) is 2. The van der Waals surface area contributed by atoms with E-state index in [0.29, 0.717) is 0 Å². The van der Waals surface area contributed by atoms with Gasteiger partial charge in [0.15, 0.2) is 0 Å². The highest BCUT2D eigenvalue weighted by Crippen LogP contribution is 2.18. The van der Waals surface area contributed by atoms with Crippen molar-refractivity contribution in [2.75, 3.05) is 5.73 Å². The highest BCUT2D eigenvalue weighted by molar-refractivity contribution is 7.90. The summed E-state index contributed by atoms with van der Waals surface area (Å²) >= 11 is 0. The number of carbonyl (C=O) groups excluding carboxylic acids is 1. The average molecular weight is 289 g/mol. The molecule has 0 bridgehead atoms. The molecule has 6 nitrogen and oxygen atoms in total. The Morgan fingerprint density at radius 2 is 1.89 bits per heavy atom. The van der Waals surface area contributed by atoms with Crippen LogP contribution in [0.15, 0.2) is 23.1 Å². The first-order valence-corrected chi connectivity index (χ1v) is 6.89. The van der Waals surface area contributed by atoms with Crippen molar-refractivity contribution in [3.8, 4) is 0 Å². The third-order valence-electron chi connectivity index (χ3n) is 1.98. The molecule has 0 aliphatic heterocycles. The number of amides is 2. The van der Waals surface area contributed by atoms with Crippen molar-refractivity contribution in [1.29, 1.82) is 0 Å². The minimum absolute atomic E-state index is 0.268. The Morgan fingerprint density at radius 3 is 2.37 bits per heavy atom. The van der Waals surface area contributed by atoms with Gasteiger partial charge in [0.05, 0.1) is 5.69 Å². The van der Waals surface area contributed by atoms with Crippen LogP contribution in [0, 0.1) is 5.82 Å². The fourth-order valence-corrected chi connectivity index (χ4v) is 2.33. The predicted octanol–water partition coefficient (Wildman–Crippen LogP) is 1.19. The SMILES string of the molecule is CC(C)(C)NC(=O)NS(=O)(=O)c1ccc(F)cc1N. The van der Waals surface area contributed by atoms with E-state index in [-0.39, 0.29) is 10.6 Å². The first kappa shape index (κ1) is 15.2. The molecule has 0 fully saturated rings. The molecule has 0 saturated heterocycles. The van der Waals surface area contributed by atoms with E-state index < -0.39 is 27.4 Å². The molecule has 0 aromatic heterocycles. The summed E-state index contributed by atoms with van der Waals surface area (Å²) in [6, 6.07) is 1.94. The van der Waals surface area contributed by atoms with Gasteiger partial charge in [0, 0.05) is 5.54 Å². The third-order valence-corrected chi connectivity index (χ3v) is 3.38. The molecule has 1 rings (SSSR count). The van der Waals surface area contributed by atoms with E-state index in [1.807, 2.05) is 4.72 Å². The van der Waals surface area contributed by atoms with Gasteiger partial charge in [0.2, 0.25) is 0 Å². The number of hydrogen-bond donors (Lipinski definition) is 3. The van der Waals surface area contributed by atoms with Crippen LogP contribution in [0.25, 0.3) is 0 Å². The number of rotatable bonds is 2. The number of halogens is 1. The lowest BCUT2D eigenvalue weighted by Crippen LogP contribution is -2.48. The quantitative estimate of drug-likeness (QED) is 0.712. The molecule has 4 N–H and O–H groups in total. The zero-order valence-corrected chi connectivity index (χ0v) is 11.6. The summed E-state index contributed by atoms with van der Waals surface area (Å²) in [4.78, 5) is 11.2. The van der Waals surface area contributed by atoms with Gasteiger partial charge in [-0.15, -0.1) is 0 Å². The van der Waals surface area contributed by atoms with Crippen LogP contribution in [0.1, 0.15) is 20.8 Å². The number of nitrogens with two attached hydrogens (primary N) is 1. The van der Waals surface area contributed by atoms with Crippen molar-refractivity contribution in [1.82, 2.24) is 10.0 Å². The summed E-state index contributed by atoms with van der Waals surface area (Å²) in [5.74, 6) is -0.657. The molecular weight excluding hydrogens is 273 g/mol. The van der Waals surface area contributed by atoms with Crippen molar-refractivity contribution in [2.24, 2.45) is 0 Å². The molecule has 1 aromatic carbocycles. The molecule has 0 aliphatic carbocycles. The minimum Gasteiger partial charge on any atom is -0.398 e. The maximum Gasteiger partial charge on any atom is 0.329 e. The summed E-state index contributed by atoms with van der Waals surface area (Å²) in [5.41, 5.74) is 4.56. The fourth-order valence-electron chi connectivity index (χ4n) is 1.31. The summed E-state index contributed by atoms with van der Waals surface area (Å²) < 4.78 is 38.4. The minimum atomic E-state index is -4.13. The molecule has 2 amide bonds. The summed E-state index contributed by atoms with van der Waals surface area (Å²) in [5, 5.41) is 2.43. The van der Waals surface area contributed by atoms with Gasteiger partial charge in [-0.25, -0.2) is 22.3 Å². The summed E-state index contributed by atoms with van der Waals surface area (Å²) in [6.07, 6.45) is 0. The summed E-state index contributed by atoms with van der Waals surface area (Å²) in [7, 11) is -4.13. The Bertz CT molecular complexity index is 594. The first-order valence-electron chi connectivity index (χ1n) is 5.41. The van der Waals surface area contributed by atoms with Crippen molar-refractivity contribution >= 4 is 21.7 Å². The highest BCUT2D eigenvalue weighted by Gasteiger charge is 2.23. The molecule has 106 valence electrons. The smallest absolute Gasteiger partial charge is 0.329 e. The number of nitrogen functional groups attached to an aromatic ring is 1. The number of urea groups is 1. The standard InChI is InChI=1S/C11H16FN3O3S/c1-11(2,3)14-10(16)15-19(17,18)9-5-4-7(12)6-8(9)13/h4-6H,13H2,1-3H3,(H2,14,15,16). The molecule has 0 atom stereocenters. The van der Waals surface area contributed by atoms with Crippen LogP contribution in [-0.4, -0.2) is 20.0 Å². The number of sulfonamides is 1. The third kappa shape index (κ3) is 4.40. The number of anilines is 1. The Kier molecular flexibility index (Phi) is 4.04. The van der Waals surface area contributed by atoms with Crippen LogP contribution < -0.4 is 15.8 Å². The number of hydrogen-bond acceptors (Lipinski definition) is 4. The van der Waals surface area contributed by atoms with Crippen molar-refractivity contribution in [3.05, 3.63) is 24.0 Å². The lowest BCUT2D eigenvalue weighted by molar-refractivity contribution is 0.237. The molecule has 0 spiro atoms. The van der Waals surface area contributed by atoms with Gasteiger partial charge >= 0.3 is 6.03 Å². The molecule has 0 unspecified atom stereocenters. The van der Waals surface area contributed by atoms with E-state index in [2.05, 4.69) is 5.32 Å². The summed E-state index contributed by atoms with van der Waals surface area (Å²) in [6.45, 7) is 5.10. The molecular formula is C11H16FN3O3S. The second-order valence-corrected chi connectivity index (χ2v) is 6.64. The van der Waals surface area contributed by atoms with Crippen LogP contribution in [0.4, 0.5) is 14.9 Å². The van der Waals surface area contributed by atoms with Crippen LogP contribution in [0.2, 0.25) is 0 Å². The molecule has 19 heavy (non-hydrogen) atoms. The lowest BCUT2D eigenvalue weighted by atomic mass is 10.1. The molecule has 0 heterocycles. The first-order chi connectivity index (χ1) is 8.51. The second-order valence-electron chi connectivity index (χ2n) is 4.99. The number of benzene rings is 1. The Morgan fingerprint density at radius 1 is 1.32 bits per heavy atom. The van der Waals surface area contributed by atoms with Gasteiger partial charge in [-0.05, 0) is 39.0 Å². The van der Waals surface area contributed by atoms with Gasteiger partial charge in [-0.2, -0.15) is 0 Å². The zero-order chi connectivity index (χ0) is 14.8. The van der Waals surface area contributed by atoms with E-state index in [1.54, 1.807) is 20.8 Å². The Hall–Kier alpha value is -1.83. The molecule has 8 heteroatoms. The highest BCUT2D eigenvalue weighted by atomic mass is 32.2. The van der Waals surface area contributed by atoms with Gasteiger partial charge in [-0.1, -0.05) is 0 Å². The van der Waals surface area contributed by atoms with Crippen LogP contribution in [-0.2, 0) is 10.0 Å². The van der Waals surface area contributed by atoms with E-state index in [1.165, 1.54) is 0 Å². The van der Waals surface area contributed by atoms with Gasteiger partial charge in [-0.3, -0.25) is 0 Å². The van der Waals surface area contributed by atoms with Crippen LogP contribution in [0.3, 0.4) is 0 Å². The number of carbonyl (C=O) groups is 1. The molecule has 0 aliphatic rings. The molecule has 0 saturated carbocycles. The van der Waals surface area contributed by atoms with Crippen molar-refractivity contribution < 1.29 is 17.6 Å². The van der Waals surface area contributed by atoms with Gasteiger partial charge < -0.3 is 11.1 Å². The predicted molar refractivity (Wildman–Crippen MR) is 69.4 cm³/mol. The zero-order valence-electron chi connectivity index (χ0n) is 10.8. The van der Waals surface area contributed by atoms with E-state index in [0.717, 1.165) is 18.2 Å². The topological polar surface area (TPSA) is 101 Å². The molecule has 1 aromatic rings. The normalized spacial score (nSPS) is 12.0. The van der Waals surface area contributed by atoms with Crippen LogP contribution in [0.5, 0.6) is 0 Å². The second kappa shape index (κ2) is 5.04. The monoisotopic (exact) mass is 289 g/mol. The van der Waals surface area contributed by atoms with E-state index in [9.17, 15) is 17.6 Å².